The number of benzene rings is 2. The van der Waals surface area contributed by atoms with Gasteiger partial charge < -0.3 is 14.6 Å². The second-order valence-electron chi connectivity index (χ2n) is 7.50. The number of carbonyl (C=O) groups is 2. The van der Waals surface area contributed by atoms with Gasteiger partial charge in [-0.15, -0.1) is 0 Å². The lowest BCUT2D eigenvalue weighted by molar-refractivity contribution is -0.148. The third-order valence-electron chi connectivity index (χ3n) is 4.51. The average molecular weight is 406 g/mol. The van der Waals surface area contributed by atoms with Crippen molar-refractivity contribution in [3.8, 4) is 11.3 Å². The van der Waals surface area contributed by atoms with Gasteiger partial charge in [0.05, 0.1) is 30.7 Å². The Morgan fingerprint density at radius 1 is 1.07 bits per heavy atom. The average Bonchev–Trinajstić information content (AvgIpc) is 3.16. The van der Waals surface area contributed by atoms with E-state index >= 15 is 0 Å². The molecule has 1 N–H and O–H groups in total. The molecule has 0 radical (unpaired) electrons. The molecule has 1 heterocycles. The Hall–Kier alpha value is -3.41. The normalized spacial score (nSPS) is 11.9. The van der Waals surface area contributed by atoms with E-state index < -0.39 is 6.04 Å². The minimum atomic E-state index is -0.482. The SMILES string of the molecule is Cc1ccc(C(CC(=O)OC(C)C)NC(=O)Cc2cc(-c3ccccc3)on2)cc1. The van der Waals surface area contributed by atoms with Gasteiger partial charge in [0.15, 0.2) is 5.76 Å². The third kappa shape index (κ3) is 6.04. The first-order valence-electron chi connectivity index (χ1n) is 9.97. The molecule has 0 spiro atoms. The molecule has 156 valence electrons. The van der Waals surface area contributed by atoms with E-state index in [4.69, 9.17) is 9.26 Å². The van der Waals surface area contributed by atoms with Gasteiger partial charge in [-0.05, 0) is 26.3 Å². The van der Waals surface area contributed by atoms with Crippen molar-refractivity contribution in [2.75, 3.05) is 0 Å². The molecule has 0 aliphatic heterocycles. The second-order valence-corrected chi connectivity index (χ2v) is 7.50. The smallest absolute Gasteiger partial charge is 0.308 e. The number of carbonyl (C=O) groups excluding carboxylic acids is 2. The number of amides is 1. The molecular weight excluding hydrogens is 380 g/mol. The molecule has 0 aliphatic carbocycles. The van der Waals surface area contributed by atoms with E-state index in [9.17, 15) is 9.59 Å². The van der Waals surface area contributed by atoms with Gasteiger partial charge in [0.2, 0.25) is 5.91 Å². The van der Waals surface area contributed by atoms with Crippen LogP contribution in [0.5, 0.6) is 0 Å². The van der Waals surface area contributed by atoms with Gasteiger partial charge in [-0.2, -0.15) is 0 Å². The zero-order valence-corrected chi connectivity index (χ0v) is 17.4. The zero-order chi connectivity index (χ0) is 21.5. The number of nitrogens with one attached hydrogen (secondary N) is 1. The molecular formula is C24H26N2O4. The van der Waals surface area contributed by atoms with Crippen LogP contribution in [-0.4, -0.2) is 23.1 Å². The molecule has 0 saturated carbocycles. The summed E-state index contributed by atoms with van der Waals surface area (Å²) in [6.45, 7) is 5.58. The summed E-state index contributed by atoms with van der Waals surface area (Å²) in [5.74, 6) is 0.00324. The summed E-state index contributed by atoms with van der Waals surface area (Å²) in [5, 5.41) is 6.93. The van der Waals surface area contributed by atoms with Crippen molar-refractivity contribution >= 4 is 11.9 Å². The maximum Gasteiger partial charge on any atom is 0.308 e. The summed E-state index contributed by atoms with van der Waals surface area (Å²) in [5.41, 5.74) is 3.37. The summed E-state index contributed by atoms with van der Waals surface area (Å²) < 4.78 is 10.6. The van der Waals surface area contributed by atoms with Crippen LogP contribution in [0.2, 0.25) is 0 Å². The van der Waals surface area contributed by atoms with Crippen molar-refractivity contribution in [3.63, 3.8) is 0 Å². The van der Waals surface area contributed by atoms with Crippen LogP contribution < -0.4 is 5.32 Å². The number of nitrogens with zero attached hydrogens (tertiary/aromatic N) is 1. The van der Waals surface area contributed by atoms with Gasteiger partial charge in [-0.3, -0.25) is 9.59 Å². The van der Waals surface area contributed by atoms with E-state index in [1.807, 2.05) is 61.5 Å². The van der Waals surface area contributed by atoms with E-state index in [2.05, 4.69) is 10.5 Å². The highest BCUT2D eigenvalue weighted by Gasteiger charge is 2.21. The standard InChI is InChI=1S/C24H26N2O4/c1-16(2)29-24(28)15-21(18-11-9-17(3)10-12-18)25-23(27)14-20-13-22(30-26-20)19-7-5-4-6-8-19/h4-13,16,21H,14-15H2,1-3H3,(H,25,27). The molecule has 3 aromatic rings. The van der Waals surface area contributed by atoms with Crippen molar-refractivity contribution < 1.29 is 18.8 Å². The fraction of sp³-hybridized carbons (Fsp3) is 0.292. The fourth-order valence-electron chi connectivity index (χ4n) is 3.07. The minimum absolute atomic E-state index is 0.0535. The molecule has 1 unspecified atom stereocenters. The van der Waals surface area contributed by atoms with Crippen LogP contribution in [0.4, 0.5) is 0 Å². The lowest BCUT2D eigenvalue weighted by Crippen LogP contribution is -2.32. The van der Waals surface area contributed by atoms with Crippen LogP contribution in [0.3, 0.4) is 0 Å². The first-order valence-corrected chi connectivity index (χ1v) is 9.97. The van der Waals surface area contributed by atoms with Crippen molar-refractivity contribution in [1.82, 2.24) is 10.5 Å². The summed E-state index contributed by atoms with van der Waals surface area (Å²) in [6.07, 6.45) is -0.0997. The molecule has 3 rings (SSSR count). The van der Waals surface area contributed by atoms with Crippen LogP contribution in [0.25, 0.3) is 11.3 Å². The van der Waals surface area contributed by atoms with Gasteiger partial charge >= 0.3 is 5.97 Å². The van der Waals surface area contributed by atoms with Gasteiger partial charge in [0.1, 0.15) is 0 Å². The Morgan fingerprint density at radius 3 is 2.43 bits per heavy atom. The minimum Gasteiger partial charge on any atom is -0.463 e. The molecule has 30 heavy (non-hydrogen) atoms. The van der Waals surface area contributed by atoms with Crippen LogP contribution in [0, 0.1) is 6.92 Å². The first-order chi connectivity index (χ1) is 14.4. The summed E-state index contributed by atoms with van der Waals surface area (Å²) >= 11 is 0. The predicted molar refractivity (Wildman–Crippen MR) is 114 cm³/mol. The van der Waals surface area contributed by atoms with Gasteiger partial charge in [-0.1, -0.05) is 65.3 Å². The zero-order valence-electron chi connectivity index (χ0n) is 17.4. The van der Waals surface area contributed by atoms with Crippen molar-refractivity contribution in [3.05, 3.63) is 77.5 Å². The molecule has 0 aliphatic rings. The predicted octanol–water partition coefficient (Wildman–Crippen LogP) is 4.39. The summed E-state index contributed by atoms with van der Waals surface area (Å²) in [7, 11) is 0. The van der Waals surface area contributed by atoms with E-state index in [0.29, 0.717) is 11.5 Å². The molecule has 1 atom stereocenters. The Bertz CT molecular complexity index is 978. The van der Waals surface area contributed by atoms with Crippen molar-refractivity contribution in [2.24, 2.45) is 0 Å². The van der Waals surface area contributed by atoms with E-state index in [0.717, 1.165) is 16.7 Å². The number of aromatic nitrogens is 1. The number of hydrogen-bond acceptors (Lipinski definition) is 5. The number of hydrogen-bond donors (Lipinski definition) is 1. The van der Waals surface area contributed by atoms with Gasteiger partial charge in [0, 0.05) is 11.6 Å². The molecule has 6 nitrogen and oxygen atoms in total. The third-order valence-corrected chi connectivity index (χ3v) is 4.51. The molecule has 6 heteroatoms. The summed E-state index contributed by atoms with van der Waals surface area (Å²) in [4.78, 5) is 24.9. The van der Waals surface area contributed by atoms with Crippen LogP contribution in [0.15, 0.2) is 65.2 Å². The number of aryl methyl sites for hydroxylation is 1. The second kappa shape index (κ2) is 9.87. The number of rotatable bonds is 8. The highest BCUT2D eigenvalue weighted by atomic mass is 16.5. The molecule has 2 aromatic carbocycles. The Balaban J connectivity index is 1.69. The van der Waals surface area contributed by atoms with Gasteiger partial charge in [-0.25, -0.2) is 0 Å². The number of ether oxygens (including phenoxy) is 1. The molecule has 1 aromatic heterocycles. The van der Waals surface area contributed by atoms with Crippen LogP contribution in [-0.2, 0) is 20.7 Å². The maximum absolute atomic E-state index is 12.7. The highest BCUT2D eigenvalue weighted by Crippen LogP contribution is 2.21. The Labute approximate surface area is 176 Å². The lowest BCUT2D eigenvalue weighted by atomic mass is 10.0. The lowest BCUT2D eigenvalue weighted by Gasteiger charge is -2.19. The molecule has 1 amide bonds. The fourth-order valence-corrected chi connectivity index (χ4v) is 3.07. The van der Waals surface area contributed by atoms with Crippen LogP contribution in [0.1, 0.15) is 43.1 Å². The highest BCUT2D eigenvalue weighted by molar-refractivity contribution is 5.80. The quantitative estimate of drug-likeness (QED) is 0.561. The largest absolute Gasteiger partial charge is 0.463 e. The first kappa shape index (κ1) is 21.3. The number of esters is 1. The van der Waals surface area contributed by atoms with E-state index in [-0.39, 0.29) is 30.8 Å². The molecule has 0 fully saturated rings. The molecule has 0 bridgehead atoms. The summed E-state index contributed by atoms with van der Waals surface area (Å²) in [6, 6.07) is 18.6. The van der Waals surface area contributed by atoms with Crippen LogP contribution >= 0.6 is 0 Å². The van der Waals surface area contributed by atoms with Crippen molar-refractivity contribution in [2.45, 2.75) is 45.8 Å². The monoisotopic (exact) mass is 406 g/mol. The van der Waals surface area contributed by atoms with Crippen molar-refractivity contribution in [1.29, 1.82) is 0 Å². The van der Waals surface area contributed by atoms with E-state index in [1.165, 1.54) is 0 Å². The maximum atomic E-state index is 12.7. The van der Waals surface area contributed by atoms with E-state index in [1.54, 1.807) is 19.9 Å². The Kier molecular flexibility index (Phi) is 7.01. The Morgan fingerprint density at radius 2 is 1.77 bits per heavy atom. The molecule has 0 saturated heterocycles. The van der Waals surface area contributed by atoms with Gasteiger partial charge in [0.25, 0.3) is 0 Å². The topological polar surface area (TPSA) is 81.4 Å².